The first-order valence-corrected chi connectivity index (χ1v) is 9.60. The molecule has 0 unspecified atom stereocenters. The Morgan fingerprint density at radius 3 is 2.52 bits per heavy atom. The number of hydrogen-bond donors (Lipinski definition) is 1. The molecule has 0 fully saturated rings. The molecule has 7 heteroatoms. The van der Waals surface area contributed by atoms with Crippen LogP contribution < -0.4 is 5.32 Å². The highest BCUT2D eigenvalue weighted by Gasteiger charge is 2.23. The van der Waals surface area contributed by atoms with Gasteiger partial charge in [0, 0.05) is 24.3 Å². The Labute approximate surface area is 146 Å². The molecule has 0 aliphatic carbocycles. The van der Waals surface area contributed by atoms with Crippen LogP contribution in [0, 0.1) is 11.3 Å². The second-order valence-corrected chi connectivity index (χ2v) is 7.96. The lowest BCUT2D eigenvalue weighted by molar-refractivity contribution is 0.102. The summed E-state index contributed by atoms with van der Waals surface area (Å²) < 4.78 is 24.9. The molecule has 0 saturated carbocycles. The summed E-state index contributed by atoms with van der Waals surface area (Å²) in [4.78, 5) is 12.3. The van der Waals surface area contributed by atoms with Crippen molar-refractivity contribution in [3.63, 3.8) is 0 Å². The summed E-state index contributed by atoms with van der Waals surface area (Å²) in [5, 5.41) is 11.6. The molecule has 128 valence electrons. The first kappa shape index (κ1) is 17.1. The number of benzene rings is 2. The van der Waals surface area contributed by atoms with E-state index in [2.05, 4.69) is 5.32 Å². The largest absolute Gasteiger partial charge is 0.322 e. The maximum absolute atomic E-state index is 12.3. The molecule has 1 amide bonds. The van der Waals surface area contributed by atoms with Crippen LogP contribution in [0.5, 0.6) is 0 Å². The molecule has 0 saturated heterocycles. The molecule has 0 atom stereocenters. The number of hydrogen-bond acceptors (Lipinski definition) is 4. The van der Waals surface area contributed by atoms with Crippen LogP contribution >= 0.6 is 0 Å². The van der Waals surface area contributed by atoms with Gasteiger partial charge >= 0.3 is 0 Å². The normalized spacial score (nSPS) is 14.4. The van der Waals surface area contributed by atoms with Gasteiger partial charge in [-0.1, -0.05) is 6.07 Å². The highest BCUT2D eigenvalue weighted by molar-refractivity contribution is 7.88. The third-order valence-electron chi connectivity index (χ3n) is 4.19. The monoisotopic (exact) mass is 355 g/mol. The van der Waals surface area contributed by atoms with Crippen LogP contribution in [-0.4, -0.2) is 31.4 Å². The van der Waals surface area contributed by atoms with Crippen molar-refractivity contribution in [3.05, 3.63) is 64.7 Å². The topological polar surface area (TPSA) is 90.3 Å². The van der Waals surface area contributed by atoms with E-state index in [-0.39, 0.29) is 5.91 Å². The zero-order chi connectivity index (χ0) is 18.0. The van der Waals surface area contributed by atoms with Gasteiger partial charge in [0.2, 0.25) is 10.0 Å². The van der Waals surface area contributed by atoms with E-state index in [9.17, 15) is 13.2 Å². The van der Waals surface area contributed by atoms with E-state index in [0.29, 0.717) is 36.3 Å². The number of carbonyl (C=O) groups is 1. The van der Waals surface area contributed by atoms with Crippen LogP contribution in [0.15, 0.2) is 42.5 Å². The minimum atomic E-state index is -3.23. The van der Waals surface area contributed by atoms with Crippen molar-refractivity contribution in [1.82, 2.24) is 4.31 Å². The summed E-state index contributed by atoms with van der Waals surface area (Å²) in [5.74, 6) is -0.278. The molecular weight excluding hydrogens is 338 g/mol. The number of nitrogens with one attached hydrogen (secondary N) is 1. The van der Waals surface area contributed by atoms with E-state index in [4.69, 9.17) is 5.26 Å². The number of nitriles is 1. The van der Waals surface area contributed by atoms with Gasteiger partial charge in [-0.25, -0.2) is 8.42 Å². The molecule has 25 heavy (non-hydrogen) atoms. The van der Waals surface area contributed by atoms with Crippen molar-refractivity contribution in [2.24, 2.45) is 0 Å². The van der Waals surface area contributed by atoms with Crippen molar-refractivity contribution < 1.29 is 13.2 Å². The Morgan fingerprint density at radius 2 is 1.88 bits per heavy atom. The zero-order valence-electron chi connectivity index (χ0n) is 13.7. The summed E-state index contributed by atoms with van der Waals surface area (Å²) in [6.07, 6.45) is 1.86. The lowest BCUT2D eigenvalue weighted by Crippen LogP contribution is -2.35. The third kappa shape index (κ3) is 3.87. The predicted molar refractivity (Wildman–Crippen MR) is 94.5 cm³/mol. The second-order valence-electron chi connectivity index (χ2n) is 5.97. The molecule has 0 spiro atoms. The number of carbonyl (C=O) groups excluding carboxylic acids is 1. The average Bonchev–Trinajstić information content (AvgIpc) is 2.60. The Morgan fingerprint density at radius 1 is 1.16 bits per heavy atom. The summed E-state index contributed by atoms with van der Waals surface area (Å²) in [5.41, 5.74) is 3.55. The minimum Gasteiger partial charge on any atom is -0.322 e. The minimum absolute atomic E-state index is 0.278. The van der Waals surface area contributed by atoms with Crippen molar-refractivity contribution in [1.29, 1.82) is 5.26 Å². The van der Waals surface area contributed by atoms with E-state index < -0.39 is 10.0 Å². The van der Waals surface area contributed by atoms with Crippen molar-refractivity contribution in [3.8, 4) is 6.07 Å². The Bertz CT molecular complexity index is 960. The maximum Gasteiger partial charge on any atom is 0.255 e. The zero-order valence-corrected chi connectivity index (χ0v) is 14.5. The van der Waals surface area contributed by atoms with Crippen LogP contribution in [0.3, 0.4) is 0 Å². The van der Waals surface area contributed by atoms with Gasteiger partial charge in [0.05, 0.1) is 17.9 Å². The van der Waals surface area contributed by atoms with Crippen LogP contribution in [-0.2, 0) is 23.0 Å². The highest BCUT2D eigenvalue weighted by Crippen LogP contribution is 2.24. The fourth-order valence-corrected chi connectivity index (χ4v) is 3.59. The van der Waals surface area contributed by atoms with Crippen LogP contribution in [0.25, 0.3) is 0 Å². The van der Waals surface area contributed by atoms with Crippen LogP contribution in [0.1, 0.15) is 27.0 Å². The fourth-order valence-electron chi connectivity index (χ4n) is 2.79. The maximum atomic E-state index is 12.3. The lowest BCUT2D eigenvalue weighted by atomic mass is 10.0. The second kappa shape index (κ2) is 6.67. The molecule has 0 aromatic heterocycles. The Hall–Kier alpha value is -2.69. The van der Waals surface area contributed by atoms with Crippen molar-refractivity contribution in [2.75, 3.05) is 18.1 Å². The number of anilines is 1. The molecule has 0 radical (unpaired) electrons. The lowest BCUT2D eigenvalue weighted by Gasteiger charge is -2.27. The molecule has 1 aliphatic rings. The summed E-state index contributed by atoms with van der Waals surface area (Å²) >= 11 is 0. The number of nitrogens with zero attached hydrogens (tertiary/aromatic N) is 2. The molecule has 1 heterocycles. The number of rotatable bonds is 3. The summed E-state index contributed by atoms with van der Waals surface area (Å²) in [6, 6.07) is 13.9. The van der Waals surface area contributed by atoms with Crippen molar-refractivity contribution in [2.45, 2.75) is 13.0 Å². The van der Waals surface area contributed by atoms with E-state index >= 15 is 0 Å². The van der Waals surface area contributed by atoms with Crippen LogP contribution in [0.2, 0.25) is 0 Å². The van der Waals surface area contributed by atoms with E-state index in [1.165, 1.54) is 10.6 Å². The molecule has 6 nitrogen and oxygen atoms in total. The molecule has 3 rings (SSSR count). The predicted octanol–water partition coefficient (Wildman–Crippen LogP) is 2.13. The standard InChI is InChI=1S/C18H17N3O3S/c1-25(23,24)21-9-8-14-6-7-17(10-16(14)12-21)20-18(22)15-4-2-13(11-19)3-5-15/h2-7,10H,8-9,12H2,1H3,(H,20,22). The van der Waals surface area contributed by atoms with Gasteiger partial charge in [0.25, 0.3) is 5.91 Å². The molecule has 1 N–H and O–H groups in total. The smallest absolute Gasteiger partial charge is 0.255 e. The van der Waals surface area contributed by atoms with Gasteiger partial charge in [-0.3, -0.25) is 4.79 Å². The SMILES string of the molecule is CS(=O)(=O)N1CCc2ccc(NC(=O)c3ccc(C#N)cc3)cc2C1. The fraction of sp³-hybridized carbons (Fsp3) is 0.222. The number of sulfonamides is 1. The summed E-state index contributed by atoms with van der Waals surface area (Å²) in [6.45, 7) is 0.789. The van der Waals surface area contributed by atoms with Gasteiger partial charge in [0.15, 0.2) is 0 Å². The van der Waals surface area contributed by atoms with E-state index in [1.807, 2.05) is 24.3 Å². The first-order valence-electron chi connectivity index (χ1n) is 7.75. The third-order valence-corrected chi connectivity index (χ3v) is 5.44. The number of fused-ring (bicyclic) bond motifs is 1. The van der Waals surface area contributed by atoms with Gasteiger partial charge in [-0.05, 0) is 53.9 Å². The van der Waals surface area contributed by atoms with E-state index in [0.717, 1.165) is 11.1 Å². The van der Waals surface area contributed by atoms with Gasteiger partial charge in [-0.2, -0.15) is 9.57 Å². The van der Waals surface area contributed by atoms with Gasteiger partial charge < -0.3 is 5.32 Å². The van der Waals surface area contributed by atoms with Crippen LogP contribution in [0.4, 0.5) is 5.69 Å². The number of amides is 1. The van der Waals surface area contributed by atoms with Gasteiger partial charge in [-0.15, -0.1) is 0 Å². The molecular formula is C18H17N3O3S. The average molecular weight is 355 g/mol. The Balaban J connectivity index is 1.78. The summed E-state index contributed by atoms with van der Waals surface area (Å²) in [7, 11) is -3.23. The molecule has 2 aromatic carbocycles. The Kier molecular flexibility index (Phi) is 4.57. The molecule has 0 bridgehead atoms. The first-order chi connectivity index (χ1) is 11.9. The van der Waals surface area contributed by atoms with Crippen molar-refractivity contribution >= 4 is 21.6 Å². The molecule has 2 aromatic rings. The quantitative estimate of drug-likeness (QED) is 0.913. The van der Waals surface area contributed by atoms with E-state index in [1.54, 1.807) is 24.3 Å². The van der Waals surface area contributed by atoms with Gasteiger partial charge in [0.1, 0.15) is 0 Å². The highest BCUT2D eigenvalue weighted by atomic mass is 32.2. The molecule has 1 aliphatic heterocycles.